The number of rotatable bonds is 7. The van der Waals surface area contributed by atoms with Crippen molar-refractivity contribution in [3.8, 4) is 0 Å². The summed E-state index contributed by atoms with van der Waals surface area (Å²) in [6.07, 6.45) is 1.46. The van der Waals surface area contributed by atoms with Gasteiger partial charge in [0.25, 0.3) is 0 Å². The van der Waals surface area contributed by atoms with E-state index in [1.54, 1.807) is 14.0 Å². The minimum Gasteiger partial charge on any atom is -0.409 e. The molecular weight excluding hydrogens is 198 g/mol. The summed E-state index contributed by atoms with van der Waals surface area (Å²) in [5.74, 6) is 0.0602. The quantitative estimate of drug-likeness (QED) is 0.184. The molecule has 1 atom stereocenters. The first-order chi connectivity index (χ1) is 7.10. The van der Waals surface area contributed by atoms with Gasteiger partial charge in [0, 0.05) is 32.6 Å². The molecule has 6 heteroatoms. The van der Waals surface area contributed by atoms with Crippen molar-refractivity contribution in [3.05, 3.63) is 0 Å². The normalized spacial score (nSPS) is 13.6. The fourth-order valence-corrected chi connectivity index (χ4v) is 1.13. The molecular formula is C9H19N3O3. The van der Waals surface area contributed by atoms with Gasteiger partial charge in [-0.3, -0.25) is 4.79 Å². The van der Waals surface area contributed by atoms with Crippen LogP contribution >= 0.6 is 0 Å². The van der Waals surface area contributed by atoms with Crippen LogP contribution in [0.1, 0.15) is 26.2 Å². The van der Waals surface area contributed by atoms with E-state index < -0.39 is 0 Å². The lowest BCUT2D eigenvalue weighted by molar-refractivity contribution is -0.121. The molecule has 88 valence electrons. The van der Waals surface area contributed by atoms with Crippen molar-refractivity contribution in [2.45, 2.75) is 32.2 Å². The Bertz CT molecular complexity index is 219. The Morgan fingerprint density at radius 3 is 2.87 bits per heavy atom. The van der Waals surface area contributed by atoms with E-state index >= 15 is 0 Å². The molecule has 0 aliphatic heterocycles. The van der Waals surface area contributed by atoms with Crippen molar-refractivity contribution in [1.29, 1.82) is 0 Å². The Labute approximate surface area is 89.5 Å². The second kappa shape index (κ2) is 8.05. The molecule has 0 saturated carbocycles. The third-order valence-electron chi connectivity index (χ3n) is 1.80. The van der Waals surface area contributed by atoms with Gasteiger partial charge in [-0.25, -0.2) is 0 Å². The van der Waals surface area contributed by atoms with E-state index in [0.717, 1.165) is 0 Å². The van der Waals surface area contributed by atoms with Crippen LogP contribution in [-0.4, -0.2) is 36.7 Å². The molecule has 4 N–H and O–H groups in total. The van der Waals surface area contributed by atoms with E-state index in [9.17, 15) is 4.79 Å². The molecule has 0 saturated heterocycles. The zero-order valence-electron chi connectivity index (χ0n) is 9.19. The average molecular weight is 217 g/mol. The van der Waals surface area contributed by atoms with Crippen molar-refractivity contribution in [2.24, 2.45) is 10.9 Å². The summed E-state index contributed by atoms with van der Waals surface area (Å²) < 4.78 is 4.83. The van der Waals surface area contributed by atoms with Gasteiger partial charge in [0.2, 0.25) is 5.91 Å². The second-order valence-corrected chi connectivity index (χ2v) is 3.36. The molecule has 0 radical (unpaired) electrons. The highest BCUT2D eigenvalue weighted by Gasteiger charge is 2.08. The van der Waals surface area contributed by atoms with Gasteiger partial charge >= 0.3 is 0 Å². The lowest BCUT2D eigenvalue weighted by Crippen LogP contribution is -2.35. The van der Waals surface area contributed by atoms with E-state index in [1.165, 1.54) is 0 Å². The molecule has 0 heterocycles. The van der Waals surface area contributed by atoms with E-state index in [-0.39, 0.29) is 17.8 Å². The van der Waals surface area contributed by atoms with Crippen molar-refractivity contribution in [2.75, 3.05) is 13.7 Å². The van der Waals surface area contributed by atoms with Gasteiger partial charge in [-0.05, 0) is 13.3 Å². The minimum atomic E-state index is -0.129. The molecule has 0 aromatic heterocycles. The van der Waals surface area contributed by atoms with Crippen LogP contribution in [0, 0.1) is 0 Å². The Balaban J connectivity index is 3.67. The molecule has 0 aliphatic carbocycles. The van der Waals surface area contributed by atoms with Gasteiger partial charge in [-0.15, -0.1) is 0 Å². The summed E-state index contributed by atoms with van der Waals surface area (Å²) in [7, 11) is 1.60. The van der Waals surface area contributed by atoms with Gasteiger partial charge < -0.3 is 21.0 Å². The number of nitrogens with one attached hydrogen (secondary N) is 1. The van der Waals surface area contributed by atoms with Crippen LogP contribution < -0.4 is 11.1 Å². The number of oxime groups is 1. The fraction of sp³-hybridized carbons (Fsp3) is 0.778. The van der Waals surface area contributed by atoms with Gasteiger partial charge in [-0.2, -0.15) is 0 Å². The third-order valence-corrected chi connectivity index (χ3v) is 1.80. The topological polar surface area (TPSA) is 96.9 Å². The second-order valence-electron chi connectivity index (χ2n) is 3.36. The fourth-order valence-electron chi connectivity index (χ4n) is 1.13. The highest BCUT2D eigenvalue weighted by molar-refractivity contribution is 5.81. The molecule has 0 fully saturated rings. The minimum absolute atomic E-state index is 0.0507. The van der Waals surface area contributed by atoms with Crippen molar-refractivity contribution >= 4 is 11.7 Å². The number of hydrogen-bond donors (Lipinski definition) is 3. The molecule has 15 heavy (non-hydrogen) atoms. The van der Waals surface area contributed by atoms with Crippen LogP contribution in [-0.2, 0) is 9.53 Å². The zero-order valence-corrected chi connectivity index (χ0v) is 9.19. The molecule has 0 aliphatic rings. The van der Waals surface area contributed by atoms with E-state index in [1.807, 2.05) is 0 Å². The maximum absolute atomic E-state index is 11.3. The SMILES string of the molecule is COCCCC(=O)NC(C)CC(N)=NO. The van der Waals surface area contributed by atoms with Gasteiger partial charge in [0.15, 0.2) is 0 Å². The van der Waals surface area contributed by atoms with Crippen LogP contribution in [0.5, 0.6) is 0 Å². The van der Waals surface area contributed by atoms with Crippen molar-refractivity contribution in [1.82, 2.24) is 5.32 Å². The van der Waals surface area contributed by atoms with Crippen molar-refractivity contribution in [3.63, 3.8) is 0 Å². The number of carbonyl (C=O) groups is 1. The maximum atomic E-state index is 11.3. The standard InChI is InChI=1S/C9H19N3O3/c1-7(6-8(10)12-14)11-9(13)4-3-5-15-2/h7,14H,3-6H2,1-2H3,(H2,10,12)(H,11,13). The van der Waals surface area contributed by atoms with Crippen LogP contribution in [0.3, 0.4) is 0 Å². The van der Waals surface area contributed by atoms with Gasteiger partial charge in [0.1, 0.15) is 5.84 Å². The Hall–Kier alpha value is -1.30. The van der Waals surface area contributed by atoms with Crippen LogP contribution in [0.4, 0.5) is 0 Å². The first kappa shape index (κ1) is 13.7. The summed E-state index contributed by atoms with van der Waals surface area (Å²) in [5, 5.41) is 13.9. The molecule has 0 aromatic rings. The first-order valence-corrected chi connectivity index (χ1v) is 4.84. The zero-order chi connectivity index (χ0) is 11.7. The van der Waals surface area contributed by atoms with Gasteiger partial charge in [-0.1, -0.05) is 5.16 Å². The van der Waals surface area contributed by atoms with E-state index in [4.69, 9.17) is 15.7 Å². The third kappa shape index (κ3) is 7.75. The number of nitrogens with two attached hydrogens (primary N) is 1. The average Bonchev–Trinajstić information content (AvgIpc) is 2.17. The lowest BCUT2D eigenvalue weighted by atomic mass is 10.2. The van der Waals surface area contributed by atoms with Crippen LogP contribution in [0.2, 0.25) is 0 Å². The Morgan fingerprint density at radius 2 is 2.33 bits per heavy atom. The molecule has 0 spiro atoms. The number of nitrogens with zero attached hydrogens (tertiary/aromatic N) is 1. The molecule has 0 rings (SSSR count). The highest BCUT2D eigenvalue weighted by Crippen LogP contribution is 1.94. The Morgan fingerprint density at radius 1 is 1.67 bits per heavy atom. The lowest BCUT2D eigenvalue weighted by Gasteiger charge is -2.12. The largest absolute Gasteiger partial charge is 0.409 e. The molecule has 0 bridgehead atoms. The van der Waals surface area contributed by atoms with E-state index in [0.29, 0.717) is 25.9 Å². The molecule has 6 nitrogen and oxygen atoms in total. The van der Waals surface area contributed by atoms with Crippen LogP contribution in [0.15, 0.2) is 5.16 Å². The number of amidine groups is 1. The number of carbonyl (C=O) groups excluding carboxylic acids is 1. The summed E-state index contributed by atoms with van der Waals surface area (Å²) in [5.41, 5.74) is 5.30. The maximum Gasteiger partial charge on any atom is 0.220 e. The number of methoxy groups -OCH3 is 1. The highest BCUT2D eigenvalue weighted by atomic mass is 16.5. The number of ether oxygens (including phenoxy) is 1. The summed E-state index contributed by atoms with van der Waals surface area (Å²) in [6.45, 7) is 2.37. The first-order valence-electron chi connectivity index (χ1n) is 4.84. The van der Waals surface area contributed by atoms with Gasteiger partial charge in [0.05, 0.1) is 0 Å². The summed E-state index contributed by atoms with van der Waals surface area (Å²) in [6, 6.07) is -0.129. The van der Waals surface area contributed by atoms with Crippen LogP contribution in [0.25, 0.3) is 0 Å². The summed E-state index contributed by atoms with van der Waals surface area (Å²) in [4.78, 5) is 11.3. The summed E-state index contributed by atoms with van der Waals surface area (Å²) >= 11 is 0. The smallest absolute Gasteiger partial charge is 0.220 e. The predicted molar refractivity (Wildman–Crippen MR) is 56.7 cm³/mol. The molecule has 1 amide bonds. The number of hydrogen-bond acceptors (Lipinski definition) is 4. The predicted octanol–water partition coefficient (Wildman–Crippen LogP) is 0.0542. The van der Waals surface area contributed by atoms with E-state index in [2.05, 4.69) is 10.5 Å². The molecule has 0 aromatic carbocycles. The number of amides is 1. The molecule has 1 unspecified atom stereocenters. The van der Waals surface area contributed by atoms with Crippen molar-refractivity contribution < 1.29 is 14.7 Å². The monoisotopic (exact) mass is 217 g/mol. The Kier molecular flexibility index (Phi) is 7.35.